The lowest BCUT2D eigenvalue weighted by Crippen LogP contribution is -2.21. The van der Waals surface area contributed by atoms with E-state index in [1.807, 2.05) is 0 Å². The summed E-state index contributed by atoms with van der Waals surface area (Å²) >= 11 is 13.1. The lowest BCUT2D eigenvalue weighted by atomic mass is 10.2. The predicted molar refractivity (Wildman–Crippen MR) is 98.5 cm³/mol. The number of thiazole rings is 1. The van der Waals surface area contributed by atoms with Crippen LogP contribution in [-0.2, 0) is 9.53 Å². The van der Waals surface area contributed by atoms with Gasteiger partial charge in [0, 0.05) is 23.3 Å². The van der Waals surface area contributed by atoms with Crippen LogP contribution in [0, 0.1) is 0 Å². The molecule has 0 radical (unpaired) electrons. The van der Waals surface area contributed by atoms with Gasteiger partial charge in [0.2, 0.25) is 0 Å². The molecule has 0 bridgehead atoms. The molecule has 132 valence electrons. The van der Waals surface area contributed by atoms with Crippen LogP contribution in [0.1, 0.15) is 10.5 Å². The van der Waals surface area contributed by atoms with Gasteiger partial charge < -0.3 is 4.74 Å². The van der Waals surface area contributed by atoms with Crippen LogP contribution in [0.2, 0.25) is 10.0 Å². The van der Waals surface area contributed by atoms with E-state index in [0.717, 1.165) is 5.56 Å². The number of amides is 1. The van der Waals surface area contributed by atoms with Gasteiger partial charge in [0.15, 0.2) is 17.4 Å². The number of halogens is 2. The maximum atomic E-state index is 11.9. The highest BCUT2D eigenvalue weighted by Gasteiger charge is 2.13. The molecule has 0 aliphatic heterocycles. The number of hydrogen-bond acceptors (Lipinski definition) is 7. The molecule has 0 spiro atoms. The molecule has 0 unspecified atom stereocenters. The Balaban J connectivity index is 1.57. The molecule has 0 saturated carbocycles. The molecule has 0 fully saturated rings. The van der Waals surface area contributed by atoms with Crippen LogP contribution in [0.4, 0.5) is 5.13 Å². The SMILES string of the molecule is O=C(COC(=O)c1cnccn1)Nc1nc(-c2ccc(Cl)c(Cl)c2)cs1. The van der Waals surface area contributed by atoms with E-state index in [-0.39, 0.29) is 5.69 Å². The average Bonchev–Trinajstić information content (AvgIpc) is 3.11. The van der Waals surface area contributed by atoms with Gasteiger partial charge in [-0.1, -0.05) is 29.3 Å². The van der Waals surface area contributed by atoms with Gasteiger partial charge in [-0.25, -0.2) is 14.8 Å². The number of hydrogen-bond donors (Lipinski definition) is 1. The molecule has 1 N–H and O–H groups in total. The van der Waals surface area contributed by atoms with Gasteiger partial charge in [-0.05, 0) is 12.1 Å². The maximum Gasteiger partial charge on any atom is 0.359 e. The van der Waals surface area contributed by atoms with Crippen LogP contribution in [0.5, 0.6) is 0 Å². The summed E-state index contributed by atoms with van der Waals surface area (Å²) in [6.07, 6.45) is 4.04. The summed E-state index contributed by atoms with van der Waals surface area (Å²) in [5.74, 6) is -1.25. The fraction of sp³-hybridized carbons (Fsp3) is 0.0625. The molecule has 2 heterocycles. The normalized spacial score (nSPS) is 10.4. The Morgan fingerprint density at radius 3 is 2.77 bits per heavy atom. The Morgan fingerprint density at radius 1 is 1.19 bits per heavy atom. The number of rotatable bonds is 5. The second-order valence-corrected chi connectivity index (χ2v) is 6.55. The summed E-state index contributed by atoms with van der Waals surface area (Å²) in [7, 11) is 0. The minimum absolute atomic E-state index is 0.0245. The molecule has 0 saturated heterocycles. The van der Waals surface area contributed by atoms with Crippen molar-refractivity contribution in [1.82, 2.24) is 15.0 Å². The van der Waals surface area contributed by atoms with Crippen LogP contribution in [0.3, 0.4) is 0 Å². The Hall–Kier alpha value is -2.55. The van der Waals surface area contributed by atoms with Crippen LogP contribution >= 0.6 is 34.5 Å². The van der Waals surface area contributed by atoms with E-state index in [0.29, 0.717) is 20.9 Å². The van der Waals surface area contributed by atoms with Crippen molar-refractivity contribution < 1.29 is 14.3 Å². The number of anilines is 1. The van der Waals surface area contributed by atoms with E-state index < -0.39 is 18.5 Å². The van der Waals surface area contributed by atoms with Crippen molar-refractivity contribution >= 4 is 51.5 Å². The van der Waals surface area contributed by atoms with Crippen molar-refractivity contribution in [3.05, 3.63) is 57.9 Å². The van der Waals surface area contributed by atoms with E-state index in [2.05, 4.69) is 20.3 Å². The van der Waals surface area contributed by atoms with Gasteiger partial charge >= 0.3 is 5.97 Å². The third-order valence-electron chi connectivity index (χ3n) is 3.07. The summed E-state index contributed by atoms with van der Waals surface area (Å²) in [5.41, 5.74) is 1.43. The van der Waals surface area contributed by atoms with Gasteiger partial charge in [0.1, 0.15) is 0 Å². The highest BCUT2D eigenvalue weighted by Crippen LogP contribution is 2.30. The number of carbonyl (C=O) groups is 2. The second-order valence-electron chi connectivity index (χ2n) is 4.88. The number of nitrogens with zero attached hydrogens (tertiary/aromatic N) is 3. The molecule has 0 aliphatic carbocycles. The minimum Gasteiger partial charge on any atom is -0.451 e. The first-order valence-corrected chi connectivity index (χ1v) is 8.80. The number of benzene rings is 1. The first kappa shape index (κ1) is 18.2. The van der Waals surface area contributed by atoms with Gasteiger partial charge in [0.25, 0.3) is 5.91 Å². The van der Waals surface area contributed by atoms with Crippen molar-refractivity contribution in [3.8, 4) is 11.3 Å². The van der Waals surface area contributed by atoms with E-state index in [1.165, 1.54) is 29.9 Å². The summed E-state index contributed by atoms with van der Waals surface area (Å²) in [4.78, 5) is 35.4. The Morgan fingerprint density at radius 2 is 2.04 bits per heavy atom. The van der Waals surface area contributed by atoms with E-state index >= 15 is 0 Å². The smallest absolute Gasteiger partial charge is 0.359 e. The fourth-order valence-corrected chi connectivity index (χ4v) is 2.92. The molecule has 3 rings (SSSR count). The van der Waals surface area contributed by atoms with Crippen LogP contribution in [0.15, 0.2) is 42.2 Å². The van der Waals surface area contributed by atoms with Gasteiger partial charge in [-0.15, -0.1) is 11.3 Å². The highest BCUT2D eigenvalue weighted by molar-refractivity contribution is 7.14. The number of nitrogens with one attached hydrogen (secondary N) is 1. The number of esters is 1. The first-order chi connectivity index (χ1) is 12.5. The summed E-state index contributed by atoms with van der Waals surface area (Å²) in [6.45, 7) is -0.461. The Bertz CT molecular complexity index is 950. The molecule has 7 nitrogen and oxygen atoms in total. The number of carbonyl (C=O) groups excluding carboxylic acids is 2. The van der Waals surface area contributed by atoms with E-state index in [9.17, 15) is 9.59 Å². The highest BCUT2D eigenvalue weighted by atomic mass is 35.5. The molecular formula is C16H10Cl2N4O3S. The lowest BCUT2D eigenvalue weighted by Gasteiger charge is -2.04. The van der Waals surface area contributed by atoms with Gasteiger partial charge in [-0.2, -0.15) is 0 Å². The minimum atomic E-state index is -0.733. The number of ether oxygens (including phenoxy) is 1. The molecule has 1 aromatic carbocycles. The van der Waals surface area contributed by atoms with Crippen LogP contribution in [0.25, 0.3) is 11.3 Å². The molecule has 0 atom stereocenters. The predicted octanol–water partition coefficient (Wildman–Crippen LogP) is 3.70. The second kappa shape index (κ2) is 8.22. The third kappa shape index (κ3) is 4.54. The van der Waals surface area contributed by atoms with Crippen molar-refractivity contribution in [2.45, 2.75) is 0 Å². The Labute approximate surface area is 162 Å². The quantitative estimate of drug-likeness (QED) is 0.646. The molecule has 26 heavy (non-hydrogen) atoms. The zero-order valence-electron chi connectivity index (χ0n) is 13.0. The zero-order chi connectivity index (χ0) is 18.5. The molecule has 10 heteroatoms. The van der Waals surface area contributed by atoms with Crippen molar-refractivity contribution in [2.24, 2.45) is 0 Å². The third-order valence-corrected chi connectivity index (χ3v) is 4.57. The van der Waals surface area contributed by atoms with Crippen molar-refractivity contribution in [1.29, 1.82) is 0 Å². The summed E-state index contributed by atoms with van der Waals surface area (Å²) in [6, 6.07) is 5.13. The average molecular weight is 409 g/mol. The number of aromatic nitrogens is 3. The zero-order valence-corrected chi connectivity index (χ0v) is 15.3. The maximum absolute atomic E-state index is 11.9. The fourth-order valence-electron chi connectivity index (χ4n) is 1.88. The molecule has 2 aromatic heterocycles. The van der Waals surface area contributed by atoms with Crippen molar-refractivity contribution in [3.63, 3.8) is 0 Å². The van der Waals surface area contributed by atoms with Crippen LogP contribution in [-0.4, -0.2) is 33.4 Å². The Kier molecular flexibility index (Phi) is 5.77. The van der Waals surface area contributed by atoms with Gasteiger partial charge in [0.05, 0.1) is 21.9 Å². The lowest BCUT2D eigenvalue weighted by molar-refractivity contribution is -0.119. The van der Waals surface area contributed by atoms with Crippen molar-refractivity contribution in [2.75, 3.05) is 11.9 Å². The van der Waals surface area contributed by atoms with Crippen LogP contribution < -0.4 is 5.32 Å². The summed E-state index contributed by atoms with van der Waals surface area (Å²) in [5, 5.41) is 5.56. The van der Waals surface area contributed by atoms with E-state index in [1.54, 1.807) is 23.6 Å². The standard InChI is InChI=1S/C16H10Cl2N4O3S/c17-10-2-1-9(5-11(10)18)13-8-26-16(21-13)22-14(23)7-25-15(24)12-6-19-3-4-20-12/h1-6,8H,7H2,(H,21,22,23). The largest absolute Gasteiger partial charge is 0.451 e. The topological polar surface area (TPSA) is 94.1 Å². The molecule has 0 aliphatic rings. The summed E-state index contributed by atoms with van der Waals surface area (Å²) < 4.78 is 4.87. The molecular weight excluding hydrogens is 399 g/mol. The van der Waals surface area contributed by atoms with E-state index in [4.69, 9.17) is 27.9 Å². The molecule has 3 aromatic rings. The van der Waals surface area contributed by atoms with Gasteiger partial charge in [-0.3, -0.25) is 15.1 Å². The monoisotopic (exact) mass is 408 g/mol. The molecule has 1 amide bonds. The first-order valence-electron chi connectivity index (χ1n) is 7.17.